The molecule has 0 saturated carbocycles. The molecule has 0 radical (unpaired) electrons. The molecule has 0 aliphatic carbocycles. The number of rotatable bonds is 10. The predicted octanol–water partition coefficient (Wildman–Crippen LogP) is 5.52. The number of nitrogens with one attached hydrogen (secondary N) is 2. The molecule has 12 heteroatoms. The Morgan fingerprint density at radius 2 is 1.98 bits per heavy atom. The van der Waals surface area contributed by atoms with E-state index in [4.69, 9.17) is 21.1 Å². The summed E-state index contributed by atoms with van der Waals surface area (Å²) in [6.07, 6.45) is 4.32. The van der Waals surface area contributed by atoms with Crippen LogP contribution in [-0.4, -0.2) is 38.0 Å². The first-order chi connectivity index (χ1) is 19.4. The average Bonchev–Trinajstić information content (AvgIpc) is 3.41. The smallest absolute Gasteiger partial charge is 0.247 e. The van der Waals surface area contributed by atoms with E-state index in [9.17, 15) is 9.18 Å². The Morgan fingerprint density at radius 3 is 2.73 bits per heavy atom. The molecule has 0 spiro atoms. The lowest BCUT2D eigenvalue weighted by molar-refractivity contribution is -0.111. The second-order valence-electron chi connectivity index (χ2n) is 8.58. The molecule has 2 aromatic heterocycles. The highest BCUT2D eigenvalue weighted by Crippen LogP contribution is 2.34. The molecule has 5 rings (SSSR count). The van der Waals surface area contributed by atoms with Crippen LogP contribution in [0.15, 0.2) is 79.8 Å². The molecule has 2 heterocycles. The van der Waals surface area contributed by atoms with Gasteiger partial charge in [-0.1, -0.05) is 35.5 Å². The molecule has 10 nitrogen and oxygen atoms in total. The second kappa shape index (κ2) is 11.8. The van der Waals surface area contributed by atoms with E-state index in [0.29, 0.717) is 46.1 Å². The highest BCUT2D eigenvalue weighted by atomic mass is 35.5. The lowest BCUT2D eigenvalue weighted by Crippen LogP contribution is -2.10. The summed E-state index contributed by atoms with van der Waals surface area (Å²) in [5, 5.41) is 14.8. The van der Waals surface area contributed by atoms with Gasteiger partial charge in [0.05, 0.1) is 36.1 Å². The Hall–Kier alpha value is -5.03. The third-order valence-corrected chi connectivity index (χ3v) is 6.12. The number of hydrogen-bond donors (Lipinski definition) is 2. The van der Waals surface area contributed by atoms with Crippen LogP contribution < -0.4 is 20.1 Å². The molecule has 3 aromatic carbocycles. The quantitative estimate of drug-likeness (QED) is 0.215. The van der Waals surface area contributed by atoms with Gasteiger partial charge in [0.15, 0.2) is 0 Å². The Bertz CT molecular complexity index is 1690. The van der Waals surface area contributed by atoms with E-state index >= 15 is 0 Å². The van der Waals surface area contributed by atoms with Crippen LogP contribution in [0.1, 0.15) is 11.3 Å². The third kappa shape index (κ3) is 6.16. The van der Waals surface area contributed by atoms with Gasteiger partial charge in [-0.15, -0.1) is 5.10 Å². The van der Waals surface area contributed by atoms with Crippen LogP contribution >= 0.6 is 11.6 Å². The SMILES string of the molecule is C=CC(=O)Nc1cc2c(Nc3ccc(F)c(Cl)c3)ncnc2cc1OCc1cn(Cc2ccc(OC)cc2)nn1. The largest absolute Gasteiger partial charge is 0.497 e. The number of fused-ring (bicyclic) bond motifs is 1. The highest BCUT2D eigenvalue weighted by molar-refractivity contribution is 6.31. The minimum atomic E-state index is -0.531. The summed E-state index contributed by atoms with van der Waals surface area (Å²) in [5.41, 5.74) is 3.07. The fourth-order valence-electron chi connectivity index (χ4n) is 3.85. The number of aromatic nitrogens is 5. The summed E-state index contributed by atoms with van der Waals surface area (Å²) in [4.78, 5) is 20.8. The monoisotopic (exact) mass is 559 g/mol. The summed E-state index contributed by atoms with van der Waals surface area (Å²) in [6.45, 7) is 4.14. The zero-order valence-corrected chi connectivity index (χ0v) is 22.0. The Labute approximate surface area is 233 Å². The Kier molecular flexibility index (Phi) is 7.83. The first-order valence-corrected chi connectivity index (χ1v) is 12.4. The van der Waals surface area contributed by atoms with Crippen LogP contribution in [0.5, 0.6) is 11.5 Å². The number of ether oxygens (including phenoxy) is 2. The molecule has 202 valence electrons. The van der Waals surface area contributed by atoms with E-state index in [1.165, 1.54) is 24.5 Å². The van der Waals surface area contributed by atoms with Gasteiger partial charge < -0.3 is 20.1 Å². The van der Waals surface area contributed by atoms with Crippen LogP contribution in [0.3, 0.4) is 0 Å². The summed E-state index contributed by atoms with van der Waals surface area (Å²) in [5.74, 6) is 0.610. The van der Waals surface area contributed by atoms with Gasteiger partial charge in [0, 0.05) is 17.1 Å². The van der Waals surface area contributed by atoms with Gasteiger partial charge in [0.1, 0.15) is 41.8 Å². The molecule has 0 unspecified atom stereocenters. The van der Waals surface area contributed by atoms with E-state index in [1.54, 1.807) is 30.1 Å². The van der Waals surface area contributed by atoms with Crippen molar-refractivity contribution >= 4 is 45.6 Å². The topological polar surface area (TPSA) is 116 Å². The number of hydrogen-bond acceptors (Lipinski definition) is 8. The number of benzene rings is 3. The fourth-order valence-corrected chi connectivity index (χ4v) is 4.03. The van der Waals surface area contributed by atoms with Crippen LogP contribution in [0, 0.1) is 5.82 Å². The van der Waals surface area contributed by atoms with Crippen molar-refractivity contribution in [1.82, 2.24) is 25.0 Å². The molecule has 0 bridgehead atoms. The van der Waals surface area contributed by atoms with Gasteiger partial charge in [-0.2, -0.15) is 0 Å². The molecule has 0 fully saturated rings. The maximum Gasteiger partial charge on any atom is 0.247 e. The lowest BCUT2D eigenvalue weighted by atomic mass is 10.1. The maximum absolute atomic E-state index is 13.6. The first kappa shape index (κ1) is 26.6. The zero-order valence-electron chi connectivity index (χ0n) is 21.3. The number of anilines is 3. The van der Waals surface area contributed by atoms with Crippen molar-refractivity contribution in [2.24, 2.45) is 0 Å². The van der Waals surface area contributed by atoms with Crippen molar-refractivity contribution < 1.29 is 18.7 Å². The van der Waals surface area contributed by atoms with Crippen molar-refractivity contribution in [2.45, 2.75) is 13.2 Å². The minimum Gasteiger partial charge on any atom is -0.497 e. The van der Waals surface area contributed by atoms with Gasteiger partial charge in [-0.25, -0.2) is 19.0 Å². The van der Waals surface area contributed by atoms with Crippen LogP contribution in [0.2, 0.25) is 5.02 Å². The molecular weight excluding hydrogens is 537 g/mol. The third-order valence-electron chi connectivity index (χ3n) is 5.83. The van der Waals surface area contributed by atoms with Crippen molar-refractivity contribution in [1.29, 1.82) is 0 Å². The Morgan fingerprint density at radius 1 is 1.15 bits per heavy atom. The molecule has 2 N–H and O–H groups in total. The van der Waals surface area contributed by atoms with Crippen molar-refractivity contribution in [2.75, 3.05) is 17.7 Å². The lowest BCUT2D eigenvalue weighted by Gasteiger charge is -2.14. The molecule has 0 aliphatic heterocycles. The molecule has 40 heavy (non-hydrogen) atoms. The number of carbonyl (C=O) groups excluding carboxylic acids is 1. The summed E-state index contributed by atoms with van der Waals surface area (Å²) in [7, 11) is 1.62. The molecule has 0 atom stereocenters. The molecule has 0 aliphatic rings. The van der Waals surface area contributed by atoms with Crippen molar-refractivity contribution in [3.05, 3.63) is 102 Å². The highest BCUT2D eigenvalue weighted by Gasteiger charge is 2.14. The van der Waals surface area contributed by atoms with Crippen molar-refractivity contribution in [3.8, 4) is 11.5 Å². The standard InChI is InChI=1S/C28H23ClFN7O3/c1-3-27(38)34-25-11-21-24(31-16-32-28(21)33-18-6-9-23(30)22(29)10-18)12-26(25)40-15-19-14-37(36-35-19)13-17-4-7-20(39-2)8-5-17/h3-12,14,16H,1,13,15H2,2H3,(H,34,38)(H,31,32,33). The predicted molar refractivity (Wildman–Crippen MR) is 150 cm³/mol. The second-order valence-corrected chi connectivity index (χ2v) is 8.99. The van der Waals surface area contributed by atoms with Gasteiger partial charge in [-0.3, -0.25) is 4.79 Å². The average molecular weight is 560 g/mol. The number of amides is 1. The molecule has 1 amide bonds. The zero-order chi connectivity index (χ0) is 28.1. The maximum atomic E-state index is 13.6. The summed E-state index contributed by atoms with van der Waals surface area (Å²) < 4.78 is 26.5. The molecular formula is C28H23ClFN7O3. The fraction of sp³-hybridized carbons (Fsp3) is 0.107. The van der Waals surface area contributed by atoms with E-state index < -0.39 is 11.7 Å². The van der Waals surface area contributed by atoms with Gasteiger partial charge in [0.25, 0.3) is 0 Å². The van der Waals surface area contributed by atoms with E-state index in [1.807, 2.05) is 24.3 Å². The molecule has 5 aromatic rings. The molecule has 0 saturated heterocycles. The number of nitrogens with zero attached hydrogens (tertiary/aromatic N) is 5. The first-order valence-electron chi connectivity index (χ1n) is 12.0. The minimum absolute atomic E-state index is 0.0288. The van der Waals surface area contributed by atoms with E-state index in [0.717, 1.165) is 17.4 Å². The normalized spacial score (nSPS) is 10.8. The number of halogens is 2. The number of methoxy groups -OCH3 is 1. The van der Waals surface area contributed by atoms with Crippen molar-refractivity contribution in [3.63, 3.8) is 0 Å². The number of carbonyl (C=O) groups is 1. The van der Waals surface area contributed by atoms with E-state index in [-0.39, 0.29) is 11.6 Å². The van der Waals surface area contributed by atoms with Gasteiger partial charge in [-0.05, 0) is 48.0 Å². The van der Waals surface area contributed by atoms with E-state index in [2.05, 4.69) is 37.5 Å². The summed E-state index contributed by atoms with van der Waals surface area (Å²) >= 11 is 5.92. The van der Waals surface area contributed by atoms with Crippen LogP contribution in [0.25, 0.3) is 10.9 Å². The van der Waals surface area contributed by atoms with Crippen LogP contribution in [-0.2, 0) is 17.9 Å². The van der Waals surface area contributed by atoms with Crippen LogP contribution in [0.4, 0.5) is 21.6 Å². The van der Waals surface area contributed by atoms with Gasteiger partial charge >= 0.3 is 0 Å². The Balaban J connectivity index is 1.38. The summed E-state index contributed by atoms with van der Waals surface area (Å²) in [6, 6.07) is 15.3. The van der Waals surface area contributed by atoms with Gasteiger partial charge in [0.2, 0.25) is 5.91 Å².